The predicted molar refractivity (Wildman–Crippen MR) is 284 cm³/mol. The second-order valence-electron chi connectivity index (χ2n) is 17.1. The van der Waals surface area contributed by atoms with E-state index in [0.29, 0.717) is 34.1 Å². The van der Waals surface area contributed by atoms with Crippen molar-refractivity contribution in [2.75, 3.05) is 21.3 Å². The third-order valence-electron chi connectivity index (χ3n) is 12.3. The van der Waals surface area contributed by atoms with E-state index >= 15 is 26.3 Å². The zero-order valence-electron chi connectivity index (χ0n) is 40.1. The zero-order chi connectivity index (χ0) is 55.7. The monoisotopic (exact) mass is 1130 g/mol. The average Bonchev–Trinajstić information content (AvgIpc) is 3.45. The van der Waals surface area contributed by atoms with Crippen LogP contribution in [0.15, 0.2) is 253 Å². The fraction of sp³-hybridized carbons (Fsp3) is 0.100. The molecule has 0 saturated carbocycles. The minimum atomic E-state index is -5.72. The highest BCUT2D eigenvalue weighted by atomic mass is 79.9. The molecule has 0 aliphatic heterocycles. The third-order valence-corrected chi connectivity index (χ3v) is 12.8. The second-order valence-corrected chi connectivity index (χ2v) is 18.1. The number of hydrogen-bond acceptors (Lipinski definition) is 4. The molecular formula is C60H45BrF12N4. The molecule has 9 aromatic carbocycles. The standard InChI is InChI=1S/C39H28F6N2.C15H12F6N2.C6H5Br/c40-38(41,42)37(39(43,44)45,29-21-25-35(26-22-29)46(31-13-5-1-6-14-31)32-15-7-2-8-16-32)30-23-27-36(28-24-30)47(33-17-9-3-10-18-33)34-19-11-4-12-20-34;16-14(17,18)13(15(19,20)21,9-1-5-11(22)6-2-9)10-3-7-12(23)8-4-10;7-6-4-2-1-3-5-6/h1-28H;1-8H,22-23H2;1-5H. The maximum Gasteiger partial charge on any atom is 0.411 e. The van der Waals surface area contributed by atoms with Gasteiger partial charge in [-0.1, -0.05) is 155 Å². The van der Waals surface area contributed by atoms with Gasteiger partial charge >= 0.3 is 24.7 Å². The minimum absolute atomic E-state index is 0.0595. The molecule has 0 spiro atoms. The first-order chi connectivity index (χ1) is 36.5. The molecular weight excluding hydrogens is 1080 g/mol. The molecule has 0 aliphatic rings. The Labute approximate surface area is 444 Å². The summed E-state index contributed by atoms with van der Waals surface area (Å²) < 4.78 is 174. The van der Waals surface area contributed by atoms with Gasteiger partial charge in [-0.2, -0.15) is 52.7 Å². The number of alkyl halides is 12. The topological polar surface area (TPSA) is 58.5 Å². The summed E-state index contributed by atoms with van der Waals surface area (Å²) in [6.07, 6.45) is -22.7. The maximum atomic E-state index is 15.1. The van der Waals surface area contributed by atoms with Crippen molar-refractivity contribution in [3.05, 3.63) is 275 Å². The molecule has 0 aromatic heterocycles. The number of nitrogens with zero attached hydrogens (tertiary/aromatic N) is 2. The first kappa shape index (κ1) is 56.5. The van der Waals surface area contributed by atoms with Gasteiger partial charge in [-0.05, 0) is 131 Å². The van der Waals surface area contributed by atoms with E-state index in [9.17, 15) is 26.3 Å². The summed E-state index contributed by atoms with van der Waals surface area (Å²) in [5, 5.41) is 0. The minimum Gasteiger partial charge on any atom is -0.399 e. The van der Waals surface area contributed by atoms with Crippen LogP contribution < -0.4 is 21.3 Å². The number of nitrogens with two attached hydrogens (primary N) is 2. The van der Waals surface area contributed by atoms with Gasteiger partial charge in [0, 0.05) is 50.0 Å². The van der Waals surface area contributed by atoms with Crippen LogP contribution in [0, 0.1) is 0 Å². The first-order valence-corrected chi connectivity index (χ1v) is 24.0. The van der Waals surface area contributed by atoms with Gasteiger partial charge in [0.1, 0.15) is 0 Å². The van der Waals surface area contributed by atoms with E-state index in [2.05, 4.69) is 15.9 Å². The lowest BCUT2D eigenvalue weighted by atomic mass is 9.72. The highest BCUT2D eigenvalue weighted by molar-refractivity contribution is 9.10. The molecule has 17 heteroatoms. The largest absolute Gasteiger partial charge is 0.411 e. The fourth-order valence-electron chi connectivity index (χ4n) is 8.77. The van der Waals surface area contributed by atoms with Gasteiger partial charge in [0.2, 0.25) is 10.8 Å². The highest BCUT2D eigenvalue weighted by Crippen LogP contribution is 2.58. The SMILES string of the molecule is Brc1ccccc1.FC(F)(F)C(c1ccc(N(c2ccccc2)c2ccccc2)cc1)(c1ccc(N(c2ccccc2)c2ccccc2)cc1)C(F)(F)F.Nc1ccc(C(c2ccc(N)cc2)(C(F)(F)F)C(F)(F)F)cc1. The number of para-hydroxylation sites is 4. The normalized spacial score (nSPS) is 12.1. The molecule has 9 rings (SSSR count). The van der Waals surface area contributed by atoms with Crippen LogP contribution in [0.5, 0.6) is 0 Å². The quantitative estimate of drug-likeness (QED) is 0.106. The summed E-state index contributed by atoms with van der Waals surface area (Å²) in [6.45, 7) is 0. The zero-order valence-corrected chi connectivity index (χ0v) is 41.7. The number of nitrogen functional groups attached to an aromatic ring is 2. The van der Waals surface area contributed by atoms with Crippen molar-refractivity contribution in [1.29, 1.82) is 0 Å². The van der Waals surface area contributed by atoms with Crippen molar-refractivity contribution >= 4 is 61.4 Å². The van der Waals surface area contributed by atoms with Crippen molar-refractivity contribution < 1.29 is 52.7 Å². The van der Waals surface area contributed by atoms with Crippen LogP contribution in [0.25, 0.3) is 0 Å². The molecule has 0 unspecified atom stereocenters. The van der Waals surface area contributed by atoms with Gasteiger partial charge < -0.3 is 21.3 Å². The summed E-state index contributed by atoms with van der Waals surface area (Å²) >= 11 is 3.31. The van der Waals surface area contributed by atoms with Gasteiger partial charge in [-0.25, -0.2) is 0 Å². The molecule has 0 saturated heterocycles. The molecule has 0 radical (unpaired) electrons. The molecule has 0 atom stereocenters. The molecule has 9 aromatic rings. The molecule has 0 heterocycles. The average molecular weight is 1130 g/mol. The van der Waals surface area contributed by atoms with E-state index in [1.165, 1.54) is 24.3 Å². The van der Waals surface area contributed by atoms with Crippen molar-refractivity contribution in [1.82, 2.24) is 0 Å². The summed E-state index contributed by atoms with van der Waals surface area (Å²) in [7, 11) is 0. The highest BCUT2D eigenvalue weighted by Gasteiger charge is 2.73. The molecule has 0 bridgehead atoms. The van der Waals surface area contributed by atoms with Crippen LogP contribution in [0.4, 0.5) is 98.2 Å². The van der Waals surface area contributed by atoms with Gasteiger partial charge in [0.05, 0.1) is 0 Å². The van der Waals surface area contributed by atoms with Crippen LogP contribution in [-0.2, 0) is 10.8 Å². The van der Waals surface area contributed by atoms with Crippen molar-refractivity contribution in [3.63, 3.8) is 0 Å². The lowest BCUT2D eigenvalue weighted by molar-refractivity contribution is -0.290. The maximum absolute atomic E-state index is 15.1. The molecule has 0 amide bonds. The summed E-state index contributed by atoms with van der Waals surface area (Å²) in [6, 6.07) is 61.9. The van der Waals surface area contributed by atoms with Gasteiger partial charge in [-0.3, -0.25) is 0 Å². The molecule has 4 nitrogen and oxygen atoms in total. The third kappa shape index (κ3) is 12.1. The Balaban J connectivity index is 0.000000236. The van der Waals surface area contributed by atoms with E-state index in [1.807, 2.05) is 103 Å². The number of hydrogen-bond donors (Lipinski definition) is 2. The summed E-state index contributed by atoms with van der Waals surface area (Å²) in [5.41, 5.74) is 2.21. The Morgan fingerprint density at radius 3 is 0.610 bits per heavy atom. The summed E-state index contributed by atoms with van der Waals surface area (Å²) in [5.74, 6) is 0. The lowest BCUT2D eigenvalue weighted by Gasteiger charge is -2.39. The molecule has 4 N–H and O–H groups in total. The van der Waals surface area contributed by atoms with Crippen LogP contribution >= 0.6 is 15.9 Å². The predicted octanol–water partition coefficient (Wildman–Crippen LogP) is 18.7. The molecule has 77 heavy (non-hydrogen) atoms. The van der Waals surface area contributed by atoms with E-state index in [-0.39, 0.29) is 11.4 Å². The van der Waals surface area contributed by atoms with Crippen molar-refractivity contribution in [2.24, 2.45) is 0 Å². The van der Waals surface area contributed by atoms with E-state index in [0.717, 1.165) is 77.3 Å². The van der Waals surface area contributed by atoms with Gasteiger partial charge in [0.15, 0.2) is 0 Å². The lowest BCUT2D eigenvalue weighted by Crippen LogP contribution is -2.54. The Kier molecular flexibility index (Phi) is 17.2. The number of benzene rings is 9. The summed E-state index contributed by atoms with van der Waals surface area (Å²) in [4.78, 5) is 3.53. The molecule has 396 valence electrons. The first-order valence-electron chi connectivity index (χ1n) is 23.2. The van der Waals surface area contributed by atoms with Crippen LogP contribution in [-0.4, -0.2) is 24.7 Å². The van der Waals surface area contributed by atoms with E-state index in [4.69, 9.17) is 11.5 Å². The smallest absolute Gasteiger partial charge is 0.399 e. The van der Waals surface area contributed by atoms with E-state index in [1.54, 1.807) is 58.3 Å². The van der Waals surface area contributed by atoms with Gasteiger partial charge in [0.25, 0.3) is 0 Å². The Hall–Kier alpha value is -8.18. The van der Waals surface area contributed by atoms with Crippen molar-refractivity contribution in [2.45, 2.75) is 35.5 Å². The number of rotatable bonds is 10. The Bertz CT molecular complexity index is 2950. The van der Waals surface area contributed by atoms with E-state index < -0.39 is 57.8 Å². The Morgan fingerprint density at radius 2 is 0.429 bits per heavy atom. The van der Waals surface area contributed by atoms with Crippen LogP contribution in [0.2, 0.25) is 0 Å². The molecule has 0 fully saturated rings. The number of halogens is 13. The van der Waals surface area contributed by atoms with Crippen molar-refractivity contribution in [3.8, 4) is 0 Å². The Morgan fingerprint density at radius 1 is 0.247 bits per heavy atom. The van der Waals surface area contributed by atoms with Gasteiger partial charge in [-0.15, -0.1) is 0 Å². The van der Waals surface area contributed by atoms with Crippen LogP contribution in [0.3, 0.4) is 0 Å². The molecule has 0 aliphatic carbocycles. The number of anilines is 8. The van der Waals surface area contributed by atoms with Crippen LogP contribution in [0.1, 0.15) is 22.3 Å². The second kappa shape index (κ2) is 23.4. The fourth-order valence-corrected chi connectivity index (χ4v) is 9.07.